The average molecular weight is 234 g/mol. The predicted octanol–water partition coefficient (Wildman–Crippen LogP) is 0.477. The van der Waals surface area contributed by atoms with Crippen LogP contribution in [-0.4, -0.2) is 27.1 Å². The number of pyridine rings is 2. The number of aromatic nitrogens is 2. The molecule has 80 valence electrons. The third kappa shape index (κ3) is 2.22. The summed E-state index contributed by atoms with van der Waals surface area (Å²) in [5.41, 5.74) is 1.69. The van der Waals surface area contributed by atoms with Crippen molar-refractivity contribution in [3.8, 4) is 11.3 Å². The molecule has 16 heavy (non-hydrogen) atoms. The number of nitrogens with zero attached hydrogens (tertiary/aromatic N) is 2. The van der Waals surface area contributed by atoms with Crippen LogP contribution in [0.4, 0.5) is 0 Å². The maximum absolute atomic E-state index is 8.96. The number of hydrogen-bond donors (Lipinski definition) is 2. The Labute approximate surface area is 97.7 Å². The first kappa shape index (κ1) is 11.1. The summed E-state index contributed by atoms with van der Waals surface area (Å²) in [7, 11) is -1.56. The minimum atomic E-state index is -1.56. The molecule has 0 unspecified atom stereocenters. The summed E-state index contributed by atoms with van der Waals surface area (Å²) in [6.45, 7) is 0. The quantitative estimate of drug-likeness (QED) is 0.742. The van der Waals surface area contributed by atoms with Crippen molar-refractivity contribution in [3.63, 3.8) is 0 Å². The van der Waals surface area contributed by atoms with Gasteiger partial charge in [-0.05, 0) is 18.2 Å². The second kappa shape index (κ2) is 4.61. The van der Waals surface area contributed by atoms with E-state index < -0.39 is 7.12 Å². The molecule has 6 heteroatoms. The van der Waals surface area contributed by atoms with Gasteiger partial charge in [0.2, 0.25) is 0 Å². The van der Waals surface area contributed by atoms with Crippen molar-refractivity contribution in [2.24, 2.45) is 0 Å². The molecule has 0 saturated heterocycles. The molecule has 0 bridgehead atoms. The molecule has 0 saturated carbocycles. The number of hydrogen-bond acceptors (Lipinski definition) is 4. The van der Waals surface area contributed by atoms with E-state index in [9.17, 15) is 0 Å². The van der Waals surface area contributed by atoms with Crippen LogP contribution in [0.1, 0.15) is 0 Å². The van der Waals surface area contributed by atoms with Gasteiger partial charge in [-0.2, -0.15) is 0 Å². The molecule has 2 aromatic rings. The molecule has 0 aliphatic carbocycles. The van der Waals surface area contributed by atoms with Gasteiger partial charge in [0.1, 0.15) is 0 Å². The van der Waals surface area contributed by atoms with E-state index in [1.807, 2.05) is 0 Å². The maximum atomic E-state index is 8.96. The van der Waals surface area contributed by atoms with Gasteiger partial charge in [0, 0.05) is 29.6 Å². The van der Waals surface area contributed by atoms with E-state index >= 15 is 0 Å². The normalized spacial score (nSPS) is 10.2. The Kier molecular flexibility index (Phi) is 3.19. The van der Waals surface area contributed by atoms with Crippen molar-refractivity contribution in [3.05, 3.63) is 41.8 Å². The second-order valence-electron chi connectivity index (χ2n) is 3.21. The van der Waals surface area contributed by atoms with Gasteiger partial charge in [-0.3, -0.25) is 9.97 Å². The average Bonchev–Trinajstić information content (AvgIpc) is 2.30. The molecule has 2 aromatic heterocycles. The monoisotopic (exact) mass is 234 g/mol. The molecular weight excluding hydrogens is 226 g/mol. The van der Waals surface area contributed by atoms with Gasteiger partial charge in [-0.25, -0.2) is 0 Å². The minimum Gasteiger partial charge on any atom is -0.423 e. The lowest BCUT2D eigenvalue weighted by Gasteiger charge is -2.05. The summed E-state index contributed by atoms with van der Waals surface area (Å²) in [6.07, 6.45) is 4.66. The first-order chi connectivity index (χ1) is 7.68. The summed E-state index contributed by atoms with van der Waals surface area (Å²) in [5, 5.41) is 18.3. The van der Waals surface area contributed by atoms with Crippen LogP contribution in [0.25, 0.3) is 11.3 Å². The number of halogens is 1. The Hall–Kier alpha value is -1.43. The third-order valence-corrected chi connectivity index (χ3v) is 2.40. The van der Waals surface area contributed by atoms with E-state index in [4.69, 9.17) is 21.6 Å². The summed E-state index contributed by atoms with van der Waals surface area (Å²) in [5.74, 6) is 0. The van der Waals surface area contributed by atoms with Crippen molar-refractivity contribution in [1.82, 2.24) is 9.97 Å². The highest BCUT2D eigenvalue weighted by molar-refractivity contribution is 6.59. The zero-order valence-corrected chi connectivity index (χ0v) is 8.96. The van der Waals surface area contributed by atoms with Crippen LogP contribution in [0.2, 0.25) is 5.02 Å². The van der Waals surface area contributed by atoms with Crippen LogP contribution < -0.4 is 5.46 Å². The van der Waals surface area contributed by atoms with Crippen LogP contribution >= 0.6 is 11.6 Å². The Morgan fingerprint density at radius 1 is 1.19 bits per heavy atom. The molecule has 0 spiro atoms. The van der Waals surface area contributed by atoms with E-state index in [0.717, 1.165) is 5.56 Å². The molecule has 0 atom stereocenters. The first-order valence-corrected chi connectivity index (χ1v) is 4.98. The van der Waals surface area contributed by atoms with Gasteiger partial charge in [-0.1, -0.05) is 11.6 Å². The van der Waals surface area contributed by atoms with Gasteiger partial charge < -0.3 is 10.0 Å². The highest BCUT2D eigenvalue weighted by atomic mass is 35.5. The van der Waals surface area contributed by atoms with Gasteiger partial charge in [0.15, 0.2) is 0 Å². The fourth-order valence-electron chi connectivity index (χ4n) is 1.32. The van der Waals surface area contributed by atoms with Crippen molar-refractivity contribution in [2.75, 3.05) is 0 Å². The Balaban J connectivity index is 2.45. The lowest BCUT2D eigenvalue weighted by Crippen LogP contribution is -2.30. The van der Waals surface area contributed by atoms with Crippen molar-refractivity contribution in [1.29, 1.82) is 0 Å². The summed E-state index contributed by atoms with van der Waals surface area (Å²) in [4.78, 5) is 7.99. The molecule has 0 aliphatic heterocycles. The van der Waals surface area contributed by atoms with Crippen molar-refractivity contribution < 1.29 is 10.0 Å². The third-order valence-electron chi connectivity index (χ3n) is 2.11. The van der Waals surface area contributed by atoms with Gasteiger partial charge in [0.05, 0.1) is 10.7 Å². The molecule has 0 fully saturated rings. The fourth-order valence-corrected chi connectivity index (χ4v) is 1.60. The van der Waals surface area contributed by atoms with Gasteiger partial charge in [-0.15, -0.1) is 0 Å². The van der Waals surface area contributed by atoms with E-state index in [1.165, 1.54) is 12.3 Å². The fraction of sp³-hybridized carbons (Fsp3) is 0. The van der Waals surface area contributed by atoms with Crippen molar-refractivity contribution >= 4 is 24.2 Å². The van der Waals surface area contributed by atoms with Crippen molar-refractivity contribution in [2.45, 2.75) is 0 Å². The lowest BCUT2D eigenvalue weighted by atomic mass is 9.81. The lowest BCUT2D eigenvalue weighted by molar-refractivity contribution is 0.425. The molecule has 0 aromatic carbocycles. The zero-order valence-electron chi connectivity index (χ0n) is 8.21. The van der Waals surface area contributed by atoms with Crippen LogP contribution in [0, 0.1) is 0 Å². The predicted molar refractivity (Wildman–Crippen MR) is 62.3 cm³/mol. The molecule has 0 aliphatic rings. The van der Waals surface area contributed by atoms with Gasteiger partial charge in [0.25, 0.3) is 0 Å². The van der Waals surface area contributed by atoms with Gasteiger partial charge >= 0.3 is 7.12 Å². The Bertz CT molecular complexity index is 493. The van der Waals surface area contributed by atoms with E-state index in [2.05, 4.69) is 9.97 Å². The summed E-state index contributed by atoms with van der Waals surface area (Å²) < 4.78 is 0. The topological polar surface area (TPSA) is 66.2 Å². The molecular formula is C10H8BClN2O2. The molecule has 0 radical (unpaired) electrons. The largest absolute Gasteiger partial charge is 0.490 e. The number of rotatable bonds is 2. The zero-order chi connectivity index (χ0) is 11.5. The van der Waals surface area contributed by atoms with Crippen LogP contribution in [0.15, 0.2) is 36.8 Å². The Morgan fingerprint density at radius 3 is 2.44 bits per heavy atom. The highest BCUT2D eigenvalue weighted by Gasteiger charge is 2.14. The minimum absolute atomic E-state index is 0.266. The maximum Gasteiger partial charge on any atom is 0.490 e. The Morgan fingerprint density at radius 2 is 1.88 bits per heavy atom. The summed E-state index contributed by atoms with van der Waals surface area (Å²) in [6, 6.07) is 5.04. The molecule has 2 heterocycles. The summed E-state index contributed by atoms with van der Waals surface area (Å²) >= 11 is 6.00. The van der Waals surface area contributed by atoms with Crippen LogP contribution in [0.5, 0.6) is 0 Å². The standard InChI is InChI=1S/C10H8BClN2O2/c12-9-5-8(11(15)16)6-14-10(9)7-1-3-13-4-2-7/h1-6,15-16H. The SMILES string of the molecule is OB(O)c1cnc(-c2ccncc2)c(Cl)c1. The van der Waals surface area contributed by atoms with E-state index in [-0.39, 0.29) is 5.46 Å². The highest BCUT2D eigenvalue weighted by Crippen LogP contribution is 2.23. The van der Waals surface area contributed by atoms with Crippen LogP contribution in [0.3, 0.4) is 0 Å². The molecule has 2 rings (SSSR count). The van der Waals surface area contributed by atoms with Crippen LogP contribution in [-0.2, 0) is 0 Å². The van der Waals surface area contributed by atoms with E-state index in [0.29, 0.717) is 10.7 Å². The first-order valence-electron chi connectivity index (χ1n) is 4.60. The molecule has 2 N–H and O–H groups in total. The second-order valence-corrected chi connectivity index (χ2v) is 3.62. The molecule has 0 amide bonds. The smallest absolute Gasteiger partial charge is 0.423 e. The molecule has 4 nitrogen and oxygen atoms in total. The van der Waals surface area contributed by atoms with E-state index in [1.54, 1.807) is 24.5 Å².